The standard InChI is InChI=1S/C41H59N6O5/c1-45-35(27-31-18-9-4-10-19-31)39(51)46-34(20-11-12-24-42)40(52)47-25-13-21-36(47)37(49)32(23-22-29-14-5-2-6-15-29)41(44,28-48)38(50)33(43)26-30-16-7-3-8-17-30/h2,4-6,9-10,14-15,18-19,30,32-36,45H,3,7-8,11-13,16-17,20-27,42-44H2,1H3,(H,46,51)/t32?,33-,34+,35+,36+,41?/m1/s1. The third-order valence-electron chi connectivity index (χ3n) is 11.1. The normalized spacial score (nSPS) is 19.9. The average Bonchev–Trinajstić information content (AvgIpc) is 3.67. The summed E-state index contributed by atoms with van der Waals surface area (Å²) in [6, 6.07) is 15.7. The SMILES string of the molecule is CN[C@@H](Cc1ccccc1)C(=O)N[C@@H](CCCCN)C(=O)N1CCC[C@H]1C(=O)C(CCc1ccccc1)C(N)([C]=O)C(=O)[C@H](N)CC1CCCCC1. The maximum atomic E-state index is 14.7. The Morgan fingerprint density at radius 2 is 1.54 bits per heavy atom. The van der Waals surface area contributed by atoms with Crippen LogP contribution < -0.4 is 27.8 Å². The molecule has 6 atom stereocenters. The Morgan fingerprint density at radius 1 is 0.885 bits per heavy atom. The van der Waals surface area contributed by atoms with Crippen LogP contribution in [0.25, 0.3) is 0 Å². The topological polar surface area (TPSA) is 191 Å². The van der Waals surface area contributed by atoms with E-state index in [0.717, 1.165) is 43.2 Å². The molecule has 11 nitrogen and oxygen atoms in total. The molecular formula is C41H59N6O5. The minimum absolute atomic E-state index is 0.106. The second-order valence-electron chi connectivity index (χ2n) is 14.7. The first kappa shape index (κ1) is 41.0. The Morgan fingerprint density at radius 3 is 2.15 bits per heavy atom. The number of benzene rings is 2. The molecule has 1 radical (unpaired) electrons. The van der Waals surface area contributed by atoms with Crippen LogP contribution in [0.1, 0.15) is 88.2 Å². The molecule has 0 bridgehead atoms. The van der Waals surface area contributed by atoms with Crippen LogP contribution in [0.5, 0.6) is 0 Å². The number of nitrogens with one attached hydrogen (secondary N) is 2. The number of carbonyl (C=O) groups excluding carboxylic acids is 5. The van der Waals surface area contributed by atoms with E-state index >= 15 is 0 Å². The van der Waals surface area contributed by atoms with E-state index < -0.39 is 47.2 Å². The lowest BCUT2D eigenvalue weighted by molar-refractivity contribution is -0.143. The summed E-state index contributed by atoms with van der Waals surface area (Å²) < 4.78 is 0. The van der Waals surface area contributed by atoms with Gasteiger partial charge in [0.15, 0.2) is 17.1 Å². The summed E-state index contributed by atoms with van der Waals surface area (Å²) in [4.78, 5) is 71.0. The van der Waals surface area contributed by atoms with E-state index in [1.165, 1.54) is 4.90 Å². The maximum absolute atomic E-state index is 14.7. The lowest BCUT2D eigenvalue weighted by atomic mass is 9.71. The number of nitrogens with zero attached hydrogens (tertiary/aromatic N) is 1. The molecule has 283 valence electrons. The zero-order chi connectivity index (χ0) is 37.5. The van der Waals surface area contributed by atoms with E-state index in [0.29, 0.717) is 64.5 Å². The number of aryl methyl sites for hydroxylation is 1. The Kier molecular flexibility index (Phi) is 16.1. The van der Waals surface area contributed by atoms with Gasteiger partial charge >= 0.3 is 0 Å². The van der Waals surface area contributed by atoms with E-state index in [4.69, 9.17) is 17.2 Å². The van der Waals surface area contributed by atoms with Crippen LogP contribution in [0.4, 0.5) is 0 Å². The molecule has 1 saturated carbocycles. The molecule has 0 aromatic heterocycles. The van der Waals surface area contributed by atoms with Crippen molar-refractivity contribution in [1.29, 1.82) is 0 Å². The van der Waals surface area contributed by atoms with Crippen molar-refractivity contribution in [2.24, 2.45) is 29.0 Å². The smallest absolute Gasteiger partial charge is 0.245 e. The van der Waals surface area contributed by atoms with Crippen molar-refractivity contribution < 1.29 is 24.0 Å². The van der Waals surface area contributed by atoms with Gasteiger partial charge in [0.05, 0.1) is 24.0 Å². The molecule has 0 spiro atoms. The fraction of sp³-hybridized carbons (Fsp3) is 0.585. The number of rotatable bonds is 21. The zero-order valence-electron chi connectivity index (χ0n) is 30.8. The molecule has 8 N–H and O–H groups in total. The number of unbranched alkanes of at least 4 members (excludes halogenated alkanes) is 1. The molecule has 2 unspecified atom stereocenters. The Hall–Kier alpha value is -3.77. The van der Waals surface area contributed by atoms with Gasteiger partial charge in [-0.05, 0) is 88.4 Å². The molecule has 1 heterocycles. The fourth-order valence-electron chi connectivity index (χ4n) is 8.00. The number of ketones is 2. The largest absolute Gasteiger partial charge is 0.343 e. The lowest BCUT2D eigenvalue weighted by Gasteiger charge is -2.36. The van der Waals surface area contributed by atoms with Crippen molar-refractivity contribution in [1.82, 2.24) is 15.5 Å². The van der Waals surface area contributed by atoms with Gasteiger partial charge in [0.2, 0.25) is 18.1 Å². The molecule has 1 aliphatic heterocycles. The number of Topliss-reactive ketones (excluding diaryl/α,β-unsaturated/α-hetero) is 2. The summed E-state index contributed by atoms with van der Waals surface area (Å²) in [6.07, 6.45) is 10.8. The van der Waals surface area contributed by atoms with E-state index in [9.17, 15) is 24.0 Å². The molecule has 4 rings (SSSR count). The highest BCUT2D eigenvalue weighted by atomic mass is 16.2. The molecule has 1 saturated heterocycles. The highest BCUT2D eigenvalue weighted by Gasteiger charge is 2.52. The molecule has 2 aliphatic rings. The molecule has 2 aromatic rings. The monoisotopic (exact) mass is 715 g/mol. The Bertz CT molecular complexity index is 1450. The van der Waals surface area contributed by atoms with Gasteiger partial charge in [0.1, 0.15) is 6.04 Å². The molecule has 2 fully saturated rings. The van der Waals surface area contributed by atoms with Crippen LogP contribution >= 0.6 is 0 Å². The average molecular weight is 716 g/mol. The van der Waals surface area contributed by atoms with Crippen LogP contribution in [0.15, 0.2) is 60.7 Å². The van der Waals surface area contributed by atoms with Gasteiger partial charge in [-0.3, -0.25) is 24.0 Å². The van der Waals surface area contributed by atoms with E-state index in [2.05, 4.69) is 10.6 Å². The quantitative estimate of drug-likeness (QED) is 0.0956. The van der Waals surface area contributed by atoms with Gasteiger partial charge in [0, 0.05) is 6.54 Å². The van der Waals surface area contributed by atoms with Gasteiger partial charge in [-0.15, -0.1) is 0 Å². The van der Waals surface area contributed by atoms with Crippen molar-refractivity contribution in [3.63, 3.8) is 0 Å². The summed E-state index contributed by atoms with van der Waals surface area (Å²) in [7, 11) is 1.70. The fourth-order valence-corrected chi connectivity index (χ4v) is 8.00. The number of likely N-dealkylation sites (tertiary alicyclic amines) is 1. The predicted molar refractivity (Wildman–Crippen MR) is 203 cm³/mol. The summed E-state index contributed by atoms with van der Waals surface area (Å²) >= 11 is 0. The second-order valence-corrected chi connectivity index (χ2v) is 14.7. The van der Waals surface area contributed by atoms with Gasteiger partial charge in [0.25, 0.3) is 0 Å². The minimum atomic E-state index is -2.27. The highest BCUT2D eigenvalue weighted by molar-refractivity contribution is 6.11. The lowest BCUT2D eigenvalue weighted by Crippen LogP contribution is -2.65. The van der Waals surface area contributed by atoms with Gasteiger partial charge in [-0.1, -0.05) is 92.8 Å². The van der Waals surface area contributed by atoms with Crippen LogP contribution in [0.2, 0.25) is 0 Å². The van der Waals surface area contributed by atoms with Crippen LogP contribution in [-0.2, 0) is 36.8 Å². The summed E-state index contributed by atoms with van der Waals surface area (Å²) in [5.74, 6) is -2.83. The van der Waals surface area contributed by atoms with Gasteiger partial charge < -0.3 is 32.7 Å². The van der Waals surface area contributed by atoms with Gasteiger partial charge in [-0.25, -0.2) is 0 Å². The predicted octanol–water partition coefficient (Wildman–Crippen LogP) is 2.91. The number of hydrogen-bond donors (Lipinski definition) is 5. The summed E-state index contributed by atoms with van der Waals surface area (Å²) in [5.41, 5.74) is 18.6. The summed E-state index contributed by atoms with van der Waals surface area (Å²) in [6.45, 7) is 0.731. The van der Waals surface area contributed by atoms with Crippen molar-refractivity contribution in [3.05, 3.63) is 71.8 Å². The molecule has 2 aromatic carbocycles. The van der Waals surface area contributed by atoms with Crippen LogP contribution in [-0.4, -0.2) is 84.4 Å². The molecule has 1 aliphatic carbocycles. The minimum Gasteiger partial charge on any atom is -0.343 e. The van der Waals surface area contributed by atoms with E-state index in [1.807, 2.05) is 60.7 Å². The number of likely N-dealkylation sites (N-methyl/N-ethyl adjacent to an activating group) is 1. The zero-order valence-corrected chi connectivity index (χ0v) is 30.8. The van der Waals surface area contributed by atoms with E-state index in [-0.39, 0.29) is 24.2 Å². The Labute approximate surface area is 309 Å². The van der Waals surface area contributed by atoms with Crippen LogP contribution in [0, 0.1) is 11.8 Å². The number of hydrogen-bond acceptors (Lipinski definition) is 9. The third kappa shape index (κ3) is 10.9. The molecular weight excluding hydrogens is 656 g/mol. The highest BCUT2D eigenvalue weighted by Crippen LogP contribution is 2.32. The van der Waals surface area contributed by atoms with Crippen molar-refractivity contribution in [3.8, 4) is 0 Å². The van der Waals surface area contributed by atoms with Gasteiger partial charge in [-0.2, -0.15) is 0 Å². The van der Waals surface area contributed by atoms with E-state index in [1.54, 1.807) is 13.3 Å². The summed E-state index contributed by atoms with van der Waals surface area (Å²) in [5, 5.41) is 6.04. The number of nitrogens with two attached hydrogens (primary N) is 3. The number of carbonyl (C=O) groups is 4. The first-order chi connectivity index (χ1) is 25.1. The molecule has 52 heavy (non-hydrogen) atoms. The number of amides is 2. The first-order valence-corrected chi connectivity index (χ1v) is 19.2. The van der Waals surface area contributed by atoms with Crippen molar-refractivity contribution in [2.75, 3.05) is 20.1 Å². The molecule has 2 amide bonds. The molecule has 11 heteroatoms. The van der Waals surface area contributed by atoms with Crippen molar-refractivity contribution >= 4 is 29.7 Å². The Balaban J connectivity index is 1.58. The second kappa shape index (κ2) is 20.5. The van der Waals surface area contributed by atoms with Crippen molar-refractivity contribution in [2.45, 2.75) is 120 Å². The maximum Gasteiger partial charge on any atom is 0.245 e. The third-order valence-corrected chi connectivity index (χ3v) is 11.1. The van der Waals surface area contributed by atoms with Crippen LogP contribution in [0.3, 0.4) is 0 Å². The first-order valence-electron chi connectivity index (χ1n) is 19.2.